The molecule has 0 saturated heterocycles. The third kappa shape index (κ3) is 1.21. The Kier molecular flexibility index (Phi) is 2.08. The van der Waals surface area contributed by atoms with Crippen LogP contribution in [-0.4, -0.2) is 18.7 Å². The largest absolute Gasteiger partial charge is 0.312 e. The minimum absolute atomic E-state index is 0.0341. The smallest absolute Gasteiger partial charge is 0.223 e. The number of hydrogen-bond acceptors (Lipinski definition) is 2. The lowest BCUT2D eigenvalue weighted by Crippen LogP contribution is -2.25. The van der Waals surface area contributed by atoms with E-state index in [4.69, 9.17) is 0 Å². The fourth-order valence-corrected chi connectivity index (χ4v) is 1.90. The highest BCUT2D eigenvalue weighted by molar-refractivity contribution is 5.95. The summed E-state index contributed by atoms with van der Waals surface area (Å²) in [6, 6.07) is 5.48. The van der Waals surface area contributed by atoms with Crippen molar-refractivity contribution in [3.8, 4) is 0 Å². The minimum Gasteiger partial charge on any atom is -0.312 e. The molecule has 1 aliphatic heterocycles. The molecule has 0 bridgehead atoms. The summed E-state index contributed by atoms with van der Waals surface area (Å²) < 4.78 is 0. The molecular weight excluding hydrogens is 178 g/mol. The second kappa shape index (κ2) is 3.25. The number of amides is 1. The number of carbonyl (C=O) groups excluding carboxylic acids is 2. The van der Waals surface area contributed by atoms with Gasteiger partial charge >= 0.3 is 0 Å². The Hall–Kier alpha value is -1.64. The molecule has 0 atom stereocenters. The number of benzene rings is 1. The van der Waals surface area contributed by atoms with Gasteiger partial charge in [-0.15, -0.1) is 0 Å². The Labute approximate surface area is 82.3 Å². The van der Waals surface area contributed by atoms with E-state index in [1.165, 1.54) is 0 Å². The standard InChI is InChI=1S/C11H11NO2/c1-8(14)12-6-5-10-9(7-13)3-2-4-11(10)12/h2-4,7H,5-6H2,1H3. The average molecular weight is 189 g/mol. The molecule has 0 aromatic heterocycles. The predicted octanol–water partition coefficient (Wildman–Crippen LogP) is 1.41. The van der Waals surface area contributed by atoms with E-state index in [2.05, 4.69) is 0 Å². The van der Waals surface area contributed by atoms with Crippen molar-refractivity contribution in [2.75, 3.05) is 11.4 Å². The molecule has 1 amide bonds. The maximum atomic E-state index is 11.2. The highest BCUT2D eigenvalue weighted by Gasteiger charge is 2.23. The number of carbonyl (C=O) groups is 2. The van der Waals surface area contributed by atoms with Crippen molar-refractivity contribution in [3.63, 3.8) is 0 Å². The highest BCUT2D eigenvalue weighted by Crippen LogP contribution is 2.29. The molecule has 0 saturated carbocycles. The first kappa shape index (κ1) is 8.94. The van der Waals surface area contributed by atoms with E-state index >= 15 is 0 Å². The van der Waals surface area contributed by atoms with Crippen molar-refractivity contribution in [2.45, 2.75) is 13.3 Å². The SMILES string of the molecule is CC(=O)N1CCc2c(C=O)cccc21. The molecule has 0 aliphatic carbocycles. The monoisotopic (exact) mass is 189 g/mol. The number of rotatable bonds is 1. The normalized spacial score (nSPS) is 13.9. The maximum Gasteiger partial charge on any atom is 0.223 e. The minimum atomic E-state index is 0.0341. The number of hydrogen-bond donors (Lipinski definition) is 0. The first-order chi connectivity index (χ1) is 6.74. The lowest BCUT2D eigenvalue weighted by atomic mass is 10.1. The number of anilines is 1. The molecular formula is C11H11NO2. The van der Waals surface area contributed by atoms with Crippen molar-refractivity contribution in [2.24, 2.45) is 0 Å². The lowest BCUT2D eigenvalue weighted by molar-refractivity contribution is -0.116. The molecule has 0 unspecified atom stereocenters. The van der Waals surface area contributed by atoms with Gasteiger partial charge in [-0.1, -0.05) is 12.1 Å². The third-order valence-electron chi connectivity index (χ3n) is 2.57. The zero-order chi connectivity index (χ0) is 10.1. The number of aldehydes is 1. The molecule has 2 rings (SSSR count). The summed E-state index contributed by atoms with van der Waals surface area (Å²) in [5.41, 5.74) is 2.59. The van der Waals surface area contributed by atoms with Crippen LogP contribution in [0.5, 0.6) is 0 Å². The van der Waals surface area contributed by atoms with Gasteiger partial charge < -0.3 is 4.90 Å². The van der Waals surface area contributed by atoms with E-state index in [0.29, 0.717) is 12.1 Å². The molecule has 1 aliphatic rings. The average Bonchev–Trinajstić information content (AvgIpc) is 2.60. The molecule has 1 aromatic carbocycles. The summed E-state index contributed by atoms with van der Waals surface area (Å²) in [5, 5.41) is 0. The van der Waals surface area contributed by atoms with Crippen LogP contribution < -0.4 is 4.90 Å². The summed E-state index contributed by atoms with van der Waals surface area (Å²) in [4.78, 5) is 23.7. The van der Waals surface area contributed by atoms with Crippen LogP contribution in [0.25, 0.3) is 0 Å². The Bertz CT molecular complexity index is 398. The van der Waals surface area contributed by atoms with Gasteiger partial charge in [-0.05, 0) is 18.1 Å². The van der Waals surface area contributed by atoms with Crippen molar-refractivity contribution < 1.29 is 9.59 Å². The predicted molar refractivity (Wildman–Crippen MR) is 53.6 cm³/mol. The van der Waals surface area contributed by atoms with Crippen LogP contribution in [0.3, 0.4) is 0 Å². The van der Waals surface area contributed by atoms with Crippen LogP contribution in [-0.2, 0) is 11.2 Å². The van der Waals surface area contributed by atoms with Crippen LogP contribution in [0.15, 0.2) is 18.2 Å². The molecule has 0 N–H and O–H groups in total. The van der Waals surface area contributed by atoms with Crippen molar-refractivity contribution in [1.29, 1.82) is 0 Å². The Morgan fingerprint density at radius 3 is 2.93 bits per heavy atom. The van der Waals surface area contributed by atoms with Gasteiger partial charge in [0.05, 0.1) is 0 Å². The molecule has 14 heavy (non-hydrogen) atoms. The zero-order valence-electron chi connectivity index (χ0n) is 7.99. The fourth-order valence-electron chi connectivity index (χ4n) is 1.90. The van der Waals surface area contributed by atoms with E-state index in [-0.39, 0.29) is 5.91 Å². The fraction of sp³-hybridized carbons (Fsp3) is 0.273. The van der Waals surface area contributed by atoms with Gasteiger partial charge in [0.15, 0.2) is 0 Å². The maximum absolute atomic E-state index is 11.2. The van der Waals surface area contributed by atoms with Crippen LogP contribution in [0.2, 0.25) is 0 Å². The van der Waals surface area contributed by atoms with Crippen molar-refractivity contribution in [1.82, 2.24) is 0 Å². The lowest BCUT2D eigenvalue weighted by Gasteiger charge is -2.14. The second-order valence-corrected chi connectivity index (χ2v) is 3.38. The van der Waals surface area contributed by atoms with Gasteiger partial charge in [0.25, 0.3) is 0 Å². The molecule has 3 nitrogen and oxygen atoms in total. The first-order valence-corrected chi connectivity index (χ1v) is 4.59. The van der Waals surface area contributed by atoms with Gasteiger partial charge in [0, 0.05) is 24.7 Å². The molecule has 72 valence electrons. The van der Waals surface area contributed by atoms with E-state index in [1.54, 1.807) is 17.9 Å². The number of fused-ring (bicyclic) bond motifs is 1. The first-order valence-electron chi connectivity index (χ1n) is 4.59. The Morgan fingerprint density at radius 2 is 2.29 bits per heavy atom. The number of nitrogens with zero attached hydrogens (tertiary/aromatic N) is 1. The van der Waals surface area contributed by atoms with Gasteiger partial charge in [-0.2, -0.15) is 0 Å². The van der Waals surface area contributed by atoms with Crippen molar-refractivity contribution >= 4 is 17.9 Å². The van der Waals surface area contributed by atoms with Crippen LogP contribution >= 0.6 is 0 Å². The molecule has 1 heterocycles. The zero-order valence-corrected chi connectivity index (χ0v) is 7.99. The summed E-state index contributed by atoms with van der Waals surface area (Å²) in [6.45, 7) is 2.23. The molecule has 1 aromatic rings. The topological polar surface area (TPSA) is 37.4 Å². The summed E-state index contributed by atoms with van der Waals surface area (Å²) in [6.07, 6.45) is 1.63. The van der Waals surface area contributed by atoms with Crippen LogP contribution in [0.4, 0.5) is 5.69 Å². The van der Waals surface area contributed by atoms with Gasteiger partial charge in [0.2, 0.25) is 5.91 Å². The quantitative estimate of drug-likeness (QED) is 0.626. The summed E-state index contributed by atoms with van der Waals surface area (Å²) >= 11 is 0. The molecule has 0 radical (unpaired) electrons. The Balaban J connectivity index is 2.51. The van der Waals surface area contributed by atoms with E-state index in [9.17, 15) is 9.59 Å². The van der Waals surface area contributed by atoms with E-state index < -0.39 is 0 Å². The highest BCUT2D eigenvalue weighted by atomic mass is 16.2. The molecule has 0 spiro atoms. The Morgan fingerprint density at radius 1 is 1.50 bits per heavy atom. The van der Waals surface area contributed by atoms with Crippen LogP contribution in [0.1, 0.15) is 22.8 Å². The van der Waals surface area contributed by atoms with Gasteiger partial charge in [-0.25, -0.2) is 0 Å². The van der Waals surface area contributed by atoms with Crippen LogP contribution in [0, 0.1) is 0 Å². The van der Waals surface area contributed by atoms with Gasteiger partial charge in [0.1, 0.15) is 6.29 Å². The van der Waals surface area contributed by atoms with E-state index in [0.717, 1.165) is 24.0 Å². The third-order valence-corrected chi connectivity index (χ3v) is 2.57. The van der Waals surface area contributed by atoms with E-state index in [1.807, 2.05) is 12.1 Å². The second-order valence-electron chi connectivity index (χ2n) is 3.38. The summed E-state index contributed by atoms with van der Waals surface area (Å²) in [5.74, 6) is 0.0341. The van der Waals surface area contributed by atoms with Gasteiger partial charge in [-0.3, -0.25) is 9.59 Å². The summed E-state index contributed by atoms with van der Waals surface area (Å²) in [7, 11) is 0. The molecule has 3 heteroatoms. The van der Waals surface area contributed by atoms with Crippen molar-refractivity contribution in [3.05, 3.63) is 29.3 Å². The molecule has 0 fully saturated rings.